The zero-order valence-electron chi connectivity index (χ0n) is 22.7. The van der Waals surface area contributed by atoms with E-state index in [1.165, 1.54) is 12.8 Å². The minimum absolute atomic E-state index is 0.0307. The van der Waals surface area contributed by atoms with Crippen LogP contribution in [0.2, 0.25) is 0 Å². The van der Waals surface area contributed by atoms with E-state index < -0.39 is 17.0 Å². The molecule has 4 aliphatic carbocycles. The van der Waals surface area contributed by atoms with Gasteiger partial charge >= 0.3 is 11.9 Å². The number of aliphatic carboxylic acids is 1. The van der Waals surface area contributed by atoms with Crippen LogP contribution in [0.1, 0.15) is 113 Å². The van der Waals surface area contributed by atoms with Crippen molar-refractivity contribution >= 4 is 11.9 Å². The summed E-state index contributed by atoms with van der Waals surface area (Å²) < 4.78 is 6.01. The molecule has 4 saturated carbocycles. The van der Waals surface area contributed by atoms with Gasteiger partial charge in [0, 0.05) is 12.3 Å². The minimum atomic E-state index is -0.521. The van der Waals surface area contributed by atoms with Crippen LogP contribution in [-0.2, 0) is 14.3 Å². The molecule has 5 rings (SSSR count). The highest BCUT2D eigenvalue weighted by Crippen LogP contribution is 2.76. The molecule has 0 aromatic carbocycles. The van der Waals surface area contributed by atoms with Crippen molar-refractivity contribution < 1.29 is 19.4 Å². The van der Waals surface area contributed by atoms with Gasteiger partial charge in [-0.15, -0.1) is 0 Å². The highest BCUT2D eigenvalue weighted by Gasteiger charge is 2.71. The highest BCUT2D eigenvalue weighted by molar-refractivity contribution is 5.76. The van der Waals surface area contributed by atoms with Crippen LogP contribution in [0.5, 0.6) is 0 Å². The van der Waals surface area contributed by atoms with Gasteiger partial charge in [-0.1, -0.05) is 34.6 Å². The Kier molecular flexibility index (Phi) is 5.42. The van der Waals surface area contributed by atoms with Crippen molar-refractivity contribution in [1.82, 2.24) is 0 Å². The lowest BCUT2D eigenvalue weighted by Gasteiger charge is -2.71. The summed E-state index contributed by atoms with van der Waals surface area (Å²) in [5.74, 6) is 2.26. The summed E-state index contributed by atoms with van der Waals surface area (Å²) in [5, 5.41) is 10.5. The van der Waals surface area contributed by atoms with Crippen molar-refractivity contribution in [2.75, 3.05) is 0 Å². The number of rotatable bonds is 2. The molecule has 0 amide bonds. The van der Waals surface area contributed by atoms with E-state index in [1.54, 1.807) is 0 Å². The molecule has 1 saturated heterocycles. The fourth-order valence-corrected chi connectivity index (χ4v) is 11.4. The topological polar surface area (TPSA) is 63.6 Å². The largest absolute Gasteiger partial charge is 0.481 e. The monoisotopic (exact) mass is 472 g/mol. The van der Waals surface area contributed by atoms with Crippen LogP contribution in [0.3, 0.4) is 0 Å². The van der Waals surface area contributed by atoms with Gasteiger partial charge in [0.15, 0.2) is 0 Å². The van der Waals surface area contributed by atoms with E-state index in [9.17, 15) is 14.7 Å². The van der Waals surface area contributed by atoms with Crippen molar-refractivity contribution in [3.8, 4) is 0 Å². The fraction of sp³-hybridized carbons (Fsp3) is 0.933. The molecule has 1 aliphatic heterocycles. The molecule has 5 aliphatic rings. The first kappa shape index (κ1) is 24.6. The van der Waals surface area contributed by atoms with Gasteiger partial charge in [0.1, 0.15) is 5.60 Å². The first-order chi connectivity index (χ1) is 15.7. The van der Waals surface area contributed by atoms with Crippen LogP contribution < -0.4 is 0 Å². The highest BCUT2D eigenvalue weighted by atomic mass is 16.6. The van der Waals surface area contributed by atoms with Gasteiger partial charge in [-0.2, -0.15) is 0 Å². The van der Waals surface area contributed by atoms with Crippen molar-refractivity contribution in [2.45, 2.75) is 118 Å². The quantitative estimate of drug-likeness (QED) is 0.435. The summed E-state index contributed by atoms with van der Waals surface area (Å²) in [4.78, 5) is 25.4. The summed E-state index contributed by atoms with van der Waals surface area (Å²) in [6, 6.07) is 0. The maximum absolute atomic E-state index is 12.8. The van der Waals surface area contributed by atoms with Gasteiger partial charge in [0.25, 0.3) is 0 Å². The van der Waals surface area contributed by atoms with Crippen molar-refractivity contribution in [1.29, 1.82) is 0 Å². The summed E-state index contributed by atoms with van der Waals surface area (Å²) in [5.41, 5.74) is -0.495. The predicted molar refractivity (Wildman–Crippen MR) is 133 cm³/mol. The molecule has 0 bridgehead atoms. The van der Waals surface area contributed by atoms with E-state index in [1.807, 2.05) is 0 Å². The normalized spacial score (nSPS) is 52.0. The molecule has 0 spiro atoms. The maximum atomic E-state index is 12.8. The summed E-state index contributed by atoms with van der Waals surface area (Å²) in [7, 11) is 0. The Morgan fingerprint density at radius 3 is 2.24 bits per heavy atom. The Balaban J connectivity index is 1.57. The Bertz CT molecular complexity index is 877. The number of esters is 1. The molecule has 34 heavy (non-hydrogen) atoms. The van der Waals surface area contributed by atoms with Crippen LogP contribution >= 0.6 is 0 Å². The molecule has 5 unspecified atom stereocenters. The smallest absolute Gasteiger partial charge is 0.309 e. The molecule has 1 heterocycles. The van der Waals surface area contributed by atoms with Crippen molar-refractivity contribution in [3.05, 3.63) is 0 Å². The third-order valence-electron chi connectivity index (χ3n) is 13.1. The summed E-state index contributed by atoms with van der Waals surface area (Å²) in [6.07, 6.45) is 9.89. The number of hydrogen-bond acceptors (Lipinski definition) is 3. The van der Waals surface area contributed by atoms with Gasteiger partial charge in [-0.3, -0.25) is 9.59 Å². The molecule has 9 atom stereocenters. The van der Waals surface area contributed by atoms with Gasteiger partial charge in [-0.25, -0.2) is 0 Å². The number of carboxylic acids is 1. The Morgan fingerprint density at radius 1 is 0.882 bits per heavy atom. The Labute approximate surface area is 207 Å². The number of cyclic esters (lactones) is 1. The number of ether oxygens (including phenoxy) is 1. The molecular formula is C30H48O4. The molecule has 1 N–H and O–H groups in total. The first-order valence-corrected chi connectivity index (χ1v) is 14.2. The van der Waals surface area contributed by atoms with Gasteiger partial charge in [0.05, 0.1) is 5.41 Å². The van der Waals surface area contributed by atoms with E-state index >= 15 is 0 Å². The standard InChI is InChI=1S/C30H48O4/c1-18(2)19-10-15-30(25(32)33)17-16-28(6)20(24(19)30)8-9-22-27(5)13-12-23(31)34-26(3,4)21(27)11-14-29(22,28)7/h18-22,24H,8-17H2,1-7H3,(H,32,33)/t19?,20?,21?,22?,24?,27-,28+,29+,30-/m0/s1. The molecule has 0 aromatic rings. The molecular weight excluding hydrogens is 424 g/mol. The van der Waals surface area contributed by atoms with E-state index in [0.29, 0.717) is 41.9 Å². The lowest BCUT2D eigenvalue weighted by atomic mass is 9.33. The van der Waals surface area contributed by atoms with Crippen molar-refractivity contribution in [2.24, 2.45) is 57.2 Å². The maximum Gasteiger partial charge on any atom is 0.309 e. The zero-order valence-corrected chi connectivity index (χ0v) is 22.7. The van der Waals surface area contributed by atoms with Crippen LogP contribution in [0.4, 0.5) is 0 Å². The SMILES string of the molecule is CC(C)C1CC[C@]2(C(=O)O)CC[C@]3(C)C(CCC4[C@@]5(C)CCC(=O)OC(C)(C)C5CC[C@]43C)C12. The van der Waals surface area contributed by atoms with Gasteiger partial charge < -0.3 is 9.84 Å². The van der Waals surface area contributed by atoms with Crippen LogP contribution in [0.15, 0.2) is 0 Å². The third kappa shape index (κ3) is 2.95. The second-order valence-corrected chi connectivity index (χ2v) is 14.7. The van der Waals surface area contributed by atoms with Crippen LogP contribution in [0, 0.1) is 57.2 Å². The lowest BCUT2D eigenvalue weighted by molar-refractivity contribution is -0.236. The van der Waals surface area contributed by atoms with Crippen molar-refractivity contribution in [3.63, 3.8) is 0 Å². The number of hydrogen-bond donors (Lipinski definition) is 1. The van der Waals surface area contributed by atoms with Crippen LogP contribution in [0.25, 0.3) is 0 Å². The number of fused-ring (bicyclic) bond motifs is 7. The van der Waals surface area contributed by atoms with Gasteiger partial charge in [-0.05, 0) is 117 Å². The average molecular weight is 473 g/mol. The van der Waals surface area contributed by atoms with Gasteiger partial charge in [0.2, 0.25) is 0 Å². The van der Waals surface area contributed by atoms with E-state index in [2.05, 4.69) is 48.5 Å². The predicted octanol–water partition coefficient (Wildman–Crippen LogP) is 7.10. The van der Waals surface area contributed by atoms with E-state index in [4.69, 9.17) is 4.74 Å². The lowest BCUT2D eigenvalue weighted by Crippen LogP contribution is -2.66. The number of carbonyl (C=O) groups is 2. The number of carbonyl (C=O) groups excluding carboxylic acids is 1. The molecule has 0 radical (unpaired) electrons. The van der Waals surface area contributed by atoms with E-state index in [0.717, 1.165) is 44.9 Å². The molecule has 4 nitrogen and oxygen atoms in total. The Morgan fingerprint density at radius 2 is 1.59 bits per heavy atom. The molecule has 0 aromatic heterocycles. The molecule has 4 heteroatoms. The Hall–Kier alpha value is -1.06. The fourth-order valence-electron chi connectivity index (χ4n) is 11.4. The summed E-state index contributed by atoms with van der Waals surface area (Å²) >= 11 is 0. The first-order valence-electron chi connectivity index (χ1n) is 14.2. The second-order valence-electron chi connectivity index (χ2n) is 14.7. The average Bonchev–Trinajstić information content (AvgIpc) is 3.10. The second kappa shape index (κ2) is 7.48. The van der Waals surface area contributed by atoms with E-state index in [-0.39, 0.29) is 22.2 Å². The third-order valence-corrected chi connectivity index (χ3v) is 13.1. The summed E-state index contributed by atoms with van der Waals surface area (Å²) in [6.45, 7) is 16.5. The molecule has 192 valence electrons. The van der Waals surface area contributed by atoms with Crippen LogP contribution in [-0.4, -0.2) is 22.6 Å². The number of carboxylic acid groups (broad SMARTS) is 1. The molecule has 5 fully saturated rings. The zero-order chi connectivity index (χ0) is 24.9. The minimum Gasteiger partial charge on any atom is -0.481 e.